The van der Waals surface area contributed by atoms with E-state index in [1.807, 2.05) is 7.05 Å². The van der Waals surface area contributed by atoms with Crippen LogP contribution >= 0.6 is 23.2 Å². The topological polar surface area (TPSA) is 49.4 Å². The SMILES string of the molecule is CN1CCC(CNS(=O)(=O)c2ccc(Cl)c(Cl)c2)C1. The van der Waals surface area contributed by atoms with Gasteiger partial charge in [0.1, 0.15) is 0 Å². The van der Waals surface area contributed by atoms with Crippen molar-refractivity contribution < 1.29 is 8.42 Å². The molecule has 1 N–H and O–H groups in total. The van der Waals surface area contributed by atoms with E-state index < -0.39 is 10.0 Å². The van der Waals surface area contributed by atoms with Gasteiger partial charge < -0.3 is 4.90 Å². The van der Waals surface area contributed by atoms with Gasteiger partial charge in [-0.15, -0.1) is 0 Å². The summed E-state index contributed by atoms with van der Waals surface area (Å²) in [6.07, 6.45) is 1.01. The molecule has 1 aliphatic heterocycles. The van der Waals surface area contributed by atoms with Crippen LogP contribution in [0.1, 0.15) is 6.42 Å². The summed E-state index contributed by atoms with van der Waals surface area (Å²) in [6.45, 7) is 2.38. The second kappa shape index (κ2) is 5.97. The van der Waals surface area contributed by atoms with Crippen molar-refractivity contribution in [2.45, 2.75) is 11.3 Å². The van der Waals surface area contributed by atoms with Crippen molar-refractivity contribution in [2.24, 2.45) is 5.92 Å². The van der Waals surface area contributed by atoms with Gasteiger partial charge in [-0.3, -0.25) is 0 Å². The van der Waals surface area contributed by atoms with E-state index in [-0.39, 0.29) is 9.92 Å². The predicted octanol–water partition coefficient (Wildman–Crippen LogP) is 2.22. The van der Waals surface area contributed by atoms with E-state index in [0.29, 0.717) is 17.5 Å². The summed E-state index contributed by atoms with van der Waals surface area (Å²) in [4.78, 5) is 2.34. The Balaban J connectivity index is 2.03. The summed E-state index contributed by atoms with van der Waals surface area (Å²) in [6, 6.07) is 4.31. The van der Waals surface area contributed by atoms with Gasteiger partial charge >= 0.3 is 0 Å². The number of likely N-dealkylation sites (tertiary alicyclic amines) is 1. The number of hydrogen-bond acceptors (Lipinski definition) is 3. The van der Waals surface area contributed by atoms with Crippen molar-refractivity contribution in [3.63, 3.8) is 0 Å². The molecule has 0 amide bonds. The molecule has 0 aliphatic carbocycles. The first-order valence-corrected chi connectivity index (χ1v) is 8.25. The molecule has 106 valence electrons. The van der Waals surface area contributed by atoms with Crippen LogP contribution in [0.25, 0.3) is 0 Å². The fourth-order valence-corrected chi connectivity index (χ4v) is 3.65. The molecule has 0 aromatic heterocycles. The van der Waals surface area contributed by atoms with E-state index in [0.717, 1.165) is 19.5 Å². The van der Waals surface area contributed by atoms with Gasteiger partial charge in [-0.05, 0) is 44.1 Å². The summed E-state index contributed by atoms with van der Waals surface area (Å²) >= 11 is 11.6. The molecule has 1 atom stereocenters. The Kier molecular flexibility index (Phi) is 4.74. The van der Waals surface area contributed by atoms with Crippen LogP contribution in [0.5, 0.6) is 0 Å². The molecular formula is C12H16Cl2N2O2S. The average Bonchev–Trinajstić information content (AvgIpc) is 2.76. The van der Waals surface area contributed by atoms with Gasteiger partial charge in [0, 0.05) is 13.1 Å². The Morgan fingerprint density at radius 2 is 2.11 bits per heavy atom. The number of hydrogen-bond donors (Lipinski definition) is 1. The molecular weight excluding hydrogens is 307 g/mol. The molecule has 1 aromatic carbocycles. The minimum Gasteiger partial charge on any atom is -0.306 e. The highest BCUT2D eigenvalue weighted by atomic mass is 35.5. The van der Waals surface area contributed by atoms with E-state index in [1.165, 1.54) is 18.2 Å². The quantitative estimate of drug-likeness (QED) is 0.924. The minimum absolute atomic E-state index is 0.147. The first kappa shape index (κ1) is 15.1. The maximum atomic E-state index is 12.1. The lowest BCUT2D eigenvalue weighted by atomic mass is 10.1. The highest BCUT2D eigenvalue weighted by Gasteiger charge is 2.22. The number of sulfonamides is 1. The highest BCUT2D eigenvalue weighted by Crippen LogP contribution is 2.25. The molecule has 2 rings (SSSR count). The van der Waals surface area contributed by atoms with Gasteiger partial charge in [-0.25, -0.2) is 13.1 Å². The van der Waals surface area contributed by atoms with Crippen LogP contribution in [0.4, 0.5) is 0 Å². The Morgan fingerprint density at radius 1 is 1.37 bits per heavy atom. The fourth-order valence-electron chi connectivity index (χ4n) is 2.15. The van der Waals surface area contributed by atoms with E-state index in [2.05, 4.69) is 9.62 Å². The molecule has 0 radical (unpaired) electrons. The summed E-state index contributed by atoms with van der Waals surface area (Å²) in [5.74, 6) is 0.363. The Bertz CT molecular complexity index is 563. The van der Waals surface area contributed by atoms with Gasteiger partial charge in [0.25, 0.3) is 0 Å². The van der Waals surface area contributed by atoms with Crippen molar-refractivity contribution in [1.29, 1.82) is 0 Å². The fraction of sp³-hybridized carbons (Fsp3) is 0.500. The Labute approximate surface area is 123 Å². The Morgan fingerprint density at radius 3 is 2.68 bits per heavy atom. The maximum absolute atomic E-state index is 12.1. The highest BCUT2D eigenvalue weighted by molar-refractivity contribution is 7.89. The monoisotopic (exact) mass is 322 g/mol. The van der Waals surface area contributed by atoms with Crippen molar-refractivity contribution in [1.82, 2.24) is 9.62 Å². The number of benzene rings is 1. The molecule has 1 fully saturated rings. The summed E-state index contributed by atoms with van der Waals surface area (Å²) in [5.41, 5.74) is 0. The lowest BCUT2D eigenvalue weighted by Crippen LogP contribution is -2.30. The van der Waals surface area contributed by atoms with Crippen LogP contribution in [0.2, 0.25) is 10.0 Å². The third-order valence-corrected chi connectivity index (χ3v) is 5.41. The largest absolute Gasteiger partial charge is 0.306 e. The van der Waals surface area contributed by atoms with E-state index in [4.69, 9.17) is 23.2 Å². The average molecular weight is 323 g/mol. The second-order valence-electron chi connectivity index (χ2n) is 4.84. The lowest BCUT2D eigenvalue weighted by molar-refractivity contribution is 0.394. The first-order chi connectivity index (χ1) is 8.88. The molecule has 1 heterocycles. The number of halogens is 2. The van der Waals surface area contributed by atoms with Crippen molar-refractivity contribution in [3.05, 3.63) is 28.2 Å². The molecule has 1 unspecified atom stereocenters. The molecule has 0 bridgehead atoms. The predicted molar refractivity (Wildman–Crippen MR) is 77.3 cm³/mol. The molecule has 7 heteroatoms. The van der Waals surface area contributed by atoms with Crippen LogP contribution in [0.3, 0.4) is 0 Å². The smallest absolute Gasteiger partial charge is 0.240 e. The van der Waals surface area contributed by atoms with Gasteiger partial charge in [-0.1, -0.05) is 23.2 Å². The minimum atomic E-state index is -3.52. The van der Waals surface area contributed by atoms with Crippen LogP contribution in [0, 0.1) is 5.92 Å². The third kappa shape index (κ3) is 3.83. The standard InChI is InChI=1S/C12H16Cl2N2O2S/c1-16-5-4-9(8-16)7-15-19(17,18)10-2-3-11(13)12(14)6-10/h2-3,6,9,15H,4-5,7-8H2,1H3. The lowest BCUT2D eigenvalue weighted by Gasteiger charge is -2.12. The molecule has 1 aromatic rings. The zero-order chi connectivity index (χ0) is 14.0. The number of rotatable bonds is 4. The normalized spacial score (nSPS) is 20.9. The van der Waals surface area contributed by atoms with Gasteiger partial charge in [0.05, 0.1) is 14.9 Å². The summed E-state index contributed by atoms with van der Waals surface area (Å²) in [5, 5.41) is 0.586. The van der Waals surface area contributed by atoms with Crippen LogP contribution < -0.4 is 4.72 Å². The van der Waals surface area contributed by atoms with Crippen molar-refractivity contribution in [3.8, 4) is 0 Å². The van der Waals surface area contributed by atoms with Crippen molar-refractivity contribution in [2.75, 3.05) is 26.7 Å². The second-order valence-corrected chi connectivity index (χ2v) is 7.43. The van der Waals surface area contributed by atoms with Crippen LogP contribution in [-0.4, -0.2) is 40.0 Å². The summed E-state index contributed by atoms with van der Waals surface area (Å²) in [7, 11) is -1.48. The van der Waals surface area contributed by atoms with Crippen molar-refractivity contribution >= 4 is 33.2 Å². The zero-order valence-corrected chi connectivity index (χ0v) is 12.9. The first-order valence-electron chi connectivity index (χ1n) is 6.02. The van der Waals surface area contributed by atoms with E-state index >= 15 is 0 Å². The van der Waals surface area contributed by atoms with E-state index in [9.17, 15) is 8.42 Å². The molecule has 4 nitrogen and oxygen atoms in total. The third-order valence-electron chi connectivity index (χ3n) is 3.25. The molecule has 0 spiro atoms. The van der Waals surface area contributed by atoms with Gasteiger partial charge in [-0.2, -0.15) is 0 Å². The molecule has 1 saturated heterocycles. The van der Waals surface area contributed by atoms with Crippen LogP contribution in [0.15, 0.2) is 23.1 Å². The molecule has 19 heavy (non-hydrogen) atoms. The number of nitrogens with one attached hydrogen (secondary N) is 1. The zero-order valence-electron chi connectivity index (χ0n) is 10.6. The number of nitrogens with zero attached hydrogens (tertiary/aromatic N) is 1. The van der Waals surface area contributed by atoms with Gasteiger partial charge in [0.15, 0.2) is 0 Å². The molecule has 1 aliphatic rings. The maximum Gasteiger partial charge on any atom is 0.240 e. The van der Waals surface area contributed by atoms with E-state index in [1.54, 1.807) is 0 Å². The Hall–Kier alpha value is -0.330. The van der Waals surface area contributed by atoms with Gasteiger partial charge in [0.2, 0.25) is 10.0 Å². The summed E-state index contributed by atoms with van der Waals surface area (Å²) < 4.78 is 26.8. The molecule has 0 saturated carbocycles. The van der Waals surface area contributed by atoms with Crippen LogP contribution in [-0.2, 0) is 10.0 Å².